The molecular weight excluding hydrogens is 294 g/mol. The maximum Gasteiger partial charge on any atom is 0.0360 e. The minimum atomic E-state index is -0.267. The van der Waals surface area contributed by atoms with Crippen LogP contribution in [0, 0.1) is 6.92 Å². The second-order valence-electron chi connectivity index (χ2n) is 4.89. The van der Waals surface area contributed by atoms with Crippen LogP contribution in [-0.2, 0) is 5.54 Å². The molecular formula is C14H16BrNS. The Morgan fingerprint density at radius 3 is 2.47 bits per heavy atom. The van der Waals surface area contributed by atoms with Crippen molar-refractivity contribution in [3.8, 4) is 10.4 Å². The van der Waals surface area contributed by atoms with Gasteiger partial charge < -0.3 is 5.73 Å². The highest BCUT2D eigenvalue weighted by Crippen LogP contribution is 2.33. The van der Waals surface area contributed by atoms with Crippen LogP contribution in [0.1, 0.15) is 25.0 Å². The molecule has 3 heteroatoms. The number of benzene rings is 1. The van der Waals surface area contributed by atoms with Crippen LogP contribution in [0.5, 0.6) is 0 Å². The summed E-state index contributed by atoms with van der Waals surface area (Å²) in [5, 5.41) is 2.14. The number of hydrogen-bond donors (Lipinski definition) is 1. The lowest BCUT2D eigenvalue weighted by atomic mass is 9.98. The van der Waals surface area contributed by atoms with Crippen LogP contribution in [-0.4, -0.2) is 0 Å². The van der Waals surface area contributed by atoms with E-state index in [9.17, 15) is 0 Å². The molecule has 0 saturated heterocycles. The van der Waals surface area contributed by atoms with Crippen molar-refractivity contribution in [2.24, 2.45) is 5.73 Å². The SMILES string of the molecule is Cc1ccc(-c2cc(C(C)(C)N)cs2)cc1Br. The molecule has 2 N–H and O–H groups in total. The van der Waals surface area contributed by atoms with E-state index in [2.05, 4.69) is 52.5 Å². The number of nitrogens with two attached hydrogens (primary N) is 1. The minimum Gasteiger partial charge on any atom is -0.322 e. The molecule has 0 saturated carbocycles. The third kappa shape index (κ3) is 2.79. The van der Waals surface area contributed by atoms with Gasteiger partial charge in [0, 0.05) is 14.9 Å². The van der Waals surface area contributed by atoms with Gasteiger partial charge in [-0.1, -0.05) is 28.1 Å². The fourth-order valence-electron chi connectivity index (χ4n) is 1.57. The Balaban J connectivity index is 2.40. The zero-order chi connectivity index (χ0) is 12.6. The largest absolute Gasteiger partial charge is 0.322 e. The van der Waals surface area contributed by atoms with E-state index >= 15 is 0 Å². The third-order valence-corrected chi connectivity index (χ3v) is 4.63. The summed E-state index contributed by atoms with van der Waals surface area (Å²) >= 11 is 5.31. The average Bonchev–Trinajstić information content (AvgIpc) is 2.70. The Labute approximate surface area is 115 Å². The van der Waals surface area contributed by atoms with E-state index in [1.165, 1.54) is 21.6 Å². The summed E-state index contributed by atoms with van der Waals surface area (Å²) < 4.78 is 1.15. The average molecular weight is 310 g/mol. The van der Waals surface area contributed by atoms with E-state index in [0.29, 0.717) is 0 Å². The number of rotatable bonds is 2. The van der Waals surface area contributed by atoms with Gasteiger partial charge in [-0.05, 0) is 55.0 Å². The van der Waals surface area contributed by atoms with Crippen LogP contribution >= 0.6 is 27.3 Å². The van der Waals surface area contributed by atoms with Crippen molar-refractivity contribution >= 4 is 27.3 Å². The first kappa shape index (κ1) is 12.8. The molecule has 0 fully saturated rings. The van der Waals surface area contributed by atoms with Gasteiger partial charge in [0.05, 0.1) is 0 Å². The Hall–Kier alpha value is -0.640. The molecule has 0 aliphatic heterocycles. The Kier molecular flexibility index (Phi) is 3.43. The van der Waals surface area contributed by atoms with Gasteiger partial charge in [0.25, 0.3) is 0 Å². The van der Waals surface area contributed by atoms with E-state index in [4.69, 9.17) is 5.73 Å². The van der Waals surface area contributed by atoms with Crippen molar-refractivity contribution in [2.45, 2.75) is 26.3 Å². The van der Waals surface area contributed by atoms with Gasteiger partial charge in [0.15, 0.2) is 0 Å². The zero-order valence-corrected chi connectivity index (χ0v) is 12.7. The van der Waals surface area contributed by atoms with Crippen molar-refractivity contribution in [1.29, 1.82) is 0 Å². The predicted molar refractivity (Wildman–Crippen MR) is 79.4 cm³/mol. The summed E-state index contributed by atoms with van der Waals surface area (Å²) in [5.74, 6) is 0. The van der Waals surface area contributed by atoms with Gasteiger partial charge in [0.2, 0.25) is 0 Å². The lowest BCUT2D eigenvalue weighted by Gasteiger charge is -2.16. The monoisotopic (exact) mass is 309 g/mol. The Morgan fingerprint density at radius 2 is 1.94 bits per heavy atom. The van der Waals surface area contributed by atoms with Gasteiger partial charge in [-0.2, -0.15) is 0 Å². The van der Waals surface area contributed by atoms with Gasteiger partial charge >= 0.3 is 0 Å². The van der Waals surface area contributed by atoms with Crippen molar-refractivity contribution in [3.63, 3.8) is 0 Å². The molecule has 2 aromatic rings. The van der Waals surface area contributed by atoms with Crippen LogP contribution < -0.4 is 5.73 Å². The topological polar surface area (TPSA) is 26.0 Å². The molecule has 0 spiro atoms. The number of aryl methyl sites for hydroxylation is 1. The Morgan fingerprint density at radius 1 is 1.24 bits per heavy atom. The van der Waals surface area contributed by atoms with Gasteiger partial charge in [-0.15, -0.1) is 11.3 Å². The van der Waals surface area contributed by atoms with E-state index in [-0.39, 0.29) is 5.54 Å². The predicted octanol–water partition coefficient (Wildman–Crippen LogP) is 4.68. The molecule has 2 rings (SSSR count). The standard InChI is InChI=1S/C14H16BrNS/c1-9-4-5-10(6-12(9)15)13-7-11(8-17-13)14(2,3)16/h4-8H,16H2,1-3H3. The molecule has 0 atom stereocenters. The molecule has 90 valence electrons. The van der Waals surface area contributed by atoms with Crippen molar-refractivity contribution < 1.29 is 0 Å². The lowest BCUT2D eigenvalue weighted by Crippen LogP contribution is -2.27. The first-order chi connectivity index (χ1) is 7.88. The van der Waals surface area contributed by atoms with E-state index in [1.807, 2.05) is 13.8 Å². The van der Waals surface area contributed by atoms with Gasteiger partial charge in [0.1, 0.15) is 0 Å². The highest BCUT2D eigenvalue weighted by molar-refractivity contribution is 9.10. The summed E-state index contributed by atoms with van der Waals surface area (Å²) in [5.41, 5.74) is 9.51. The molecule has 0 bridgehead atoms. The summed E-state index contributed by atoms with van der Waals surface area (Å²) in [6.07, 6.45) is 0. The highest BCUT2D eigenvalue weighted by Gasteiger charge is 2.16. The first-order valence-electron chi connectivity index (χ1n) is 5.52. The molecule has 1 aromatic heterocycles. The molecule has 1 nitrogen and oxygen atoms in total. The molecule has 0 aliphatic rings. The van der Waals surface area contributed by atoms with Crippen LogP contribution in [0.25, 0.3) is 10.4 Å². The molecule has 1 heterocycles. The van der Waals surface area contributed by atoms with Gasteiger partial charge in [-0.3, -0.25) is 0 Å². The third-order valence-electron chi connectivity index (χ3n) is 2.80. The van der Waals surface area contributed by atoms with Crippen LogP contribution in [0.15, 0.2) is 34.1 Å². The molecule has 0 unspecified atom stereocenters. The summed E-state index contributed by atoms with van der Waals surface area (Å²) in [7, 11) is 0. The lowest BCUT2D eigenvalue weighted by molar-refractivity contribution is 0.557. The maximum atomic E-state index is 6.10. The fraction of sp³-hybridized carbons (Fsp3) is 0.286. The van der Waals surface area contributed by atoms with E-state index in [0.717, 1.165) is 4.47 Å². The van der Waals surface area contributed by atoms with E-state index in [1.54, 1.807) is 11.3 Å². The first-order valence-corrected chi connectivity index (χ1v) is 7.19. The molecule has 17 heavy (non-hydrogen) atoms. The summed E-state index contributed by atoms with van der Waals surface area (Å²) in [4.78, 5) is 1.26. The maximum absolute atomic E-state index is 6.10. The van der Waals surface area contributed by atoms with Crippen molar-refractivity contribution in [1.82, 2.24) is 0 Å². The molecule has 0 aliphatic carbocycles. The fourth-order valence-corrected chi connectivity index (χ4v) is 3.03. The van der Waals surface area contributed by atoms with Crippen LogP contribution in [0.3, 0.4) is 0 Å². The molecule has 1 aromatic carbocycles. The van der Waals surface area contributed by atoms with E-state index < -0.39 is 0 Å². The second-order valence-corrected chi connectivity index (χ2v) is 6.65. The molecule has 0 radical (unpaired) electrons. The van der Waals surface area contributed by atoms with Crippen LogP contribution in [0.2, 0.25) is 0 Å². The number of halogens is 1. The highest BCUT2D eigenvalue weighted by atomic mass is 79.9. The number of hydrogen-bond acceptors (Lipinski definition) is 2. The quantitative estimate of drug-likeness (QED) is 0.856. The number of thiophene rings is 1. The Bertz CT molecular complexity index is 537. The second kappa shape index (κ2) is 4.56. The molecule has 0 amide bonds. The zero-order valence-electron chi connectivity index (χ0n) is 10.3. The van der Waals surface area contributed by atoms with Gasteiger partial charge in [-0.25, -0.2) is 0 Å². The normalized spacial score (nSPS) is 11.8. The van der Waals surface area contributed by atoms with Crippen molar-refractivity contribution in [2.75, 3.05) is 0 Å². The van der Waals surface area contributed by atoms with Crippen LogP contribution in [0.4, 0.5) is 0 Å². The van der Waals surface area contributed by atoms with Crippen molar-refractivity contribution in [3.05, 3.63) is 45.2 Å². The smallest absolute Gasteiger partial charge is 0.0360 e. The summed E-state index contributed by atoms with van der Waals surface area (Å²) in [6, 6.07) is 8.63. The summed E-state index contributed by atoms with van der Waals surface area (Å²) in [6.45, 7) is 6.16. The minimum absolute atomic E-state index is 0.267.